The lowest BCUT2D eigenvalue weighted by Gasteiger charge is -2.25. The van der Waals surface area contributed by atoms with E-state index in [-0.39, 0.29) is 12.1 Å². The van der Waals surface area contributed by atoms with Crippen molar-refractivity contribution < 1.29 is 14.6 Å². The van der Waals surface area contributed by atoms with Crippen LogP contribution < -0.4 is 0 Å². The highest BCUT2D eigenvalue weighted by molar-refractivity contribution is 5.70. The van der Waals surface area contributed by atoms with Gasteiger partial charge in [0.05, 0.1) is 6.10 Å². The highest BCUT2D eigenvalue weighted by Gasteiger charge is 2.26. The number of ether oxygens (including phenoxy) is 1. The fourth-order valence-electron chi connectivity index (χ4n) is 2.56. The van der Waals surface area contributed by atoms with Crippen LogP contribution in [-0.2, 0) is 9.53 Å². The lowest BCUT2D eigenvalue weighted by Crippen LogP contribution is -2.34. The topological polar surface area (TPSA) is 46.5 Å². The van der Waals surface area contributed by atoms with E-state index in [1.54, 1.807) is 0 Å². The monoisotopic (exact) mass is 320 g/mol. The van der Waals surface area contributed by atoms with Gasteiger partial charge in [0.2, 0.25) is 0 Å². The first-order valence-corrected chi connectivity index (χ1v) is 9.06. The molecule has 1 saturated heterocycles. The number of rotatable bonds is 11. The van der Waals surface area contributed by atoms with Gasteiger partial charge in [0.25, 0.3) is 0 Å². The molecule has 1 heterocycles. The van der Waals surface area contributed by atoms with Crippen LogP contribution in [0, 0.1) is 0 Å². The van der Waals surface area contributed by atoms with E-state index in [4.69, 9.17) is 4.74 Å². The van der Waals surface area contributed by atoms with E-state index in [0.717, 1.165) is 25.7 Å². The molecule has 0 unspecified atom stereocenters. The van der Waals surface area contributed by atoms with Crippen molar-refractivity contribution in [1.82, 2.24) is 0 Å². The smallest absolute Gasteiger partial charge is 0.306 e. The highest BCUT2D eigenvalue weighted by Crippen LogP contribution is 2.18. The molecule has 2 atom stereocenters. The number of aliphatic hydroxyl groups is 1. The second-order valence-corrected chi connectivity index (χ2v) is 6.10. The molecule has 0 aromatic carbocycles. The summed E-state index contributed by atoms with van der Waals surface area (Å²) >= 11 is 0. The maximum Gasteiger partial charge on any atom is 0.306 e. The van der Waals surface area contributed by atoms with Crippen LogP contribution in [0.2, 0.25) is 0 Å². The summed E-state index contributed by atoms with van der Waals surface area (Å²) in [4.78, 5) is 11.2. The highest BCUT2D eigenvalue weighted by atomic mass is 16.6. The minimum atomic E-state index is -0.578. The number of carbonyl (C=O) groups excluding carboxylic acids is 1. The standard InChI is InChI=1S/C20H32O3/c1-2-3-4-5-6-7-8-9-10-11-12-13-15-18(21)19-16-14-17-20(22)23-19/h6-7,9-10,12-13,18-19,21H,2-5,8,11,14-17H2,1H3/t18-,19+/m1/s1. The lowest BCUT2D eigenvalue weighted by molar-refractivity contribution is -0.160. The molecule has 0 radical (unpaired) electrons. The first kappa shape index (κ1) is 19.7. The number of carbonyl (C=O) groups is 1. The number of cyclic esters (lactones) is 1. The fourth-order valence-corrected chi connectivity index (χ4v) is 2.56. The Labute approximate surface area is 141 Å². The Morgan fingerprint density at radius 1 is 1.13 bits per heavy atom. The zero-order valence-corrected chi connectivity index (χ0v) is 14.5. The molecule has 0 aliphatic carbocycles. The summed E-state index contributed by atoms with van der Waals surface area (Å²) in [5.41, 5.74) is 0. The van der Waals surface area contributed by atoms with Gasteiger partial charge in [0, 0.05) is 6.42 Å². The summed E-state index contributed by atoms with van der Waals surface area (Å²) in [7, 11) is 0. The van der Waals surface area contributed by atoms with Crippen molar-refractivity contribution in [3.63, 3.8) is 0 Å². The van der Waals surface area contributed by atoms with E-state index < -0.39 is 6.10 Å². The molecule has 0 aromatic rings. The van der Waals surface area contributed by atoms with Gasteiger partial charge in [-0.25, -0.2) is 0 Å². The molecule has 0 amide bonds. The molecule has 0 spiro atoms. The molecule has 130 valence electrons. The summed E-state index contributed by atoms with van der Waals surface area (Å²) < 4.78 is 5.16. The van der Waals surface area contributed by atoms with Crippen LogP contribution in [0.1, 0.15) is 71.1 Å². The average Bonchev–Trinajstić information content (AvgIpc) is 2.55. The maximum absolute atomic E-state index is 11.2. The minimum absolute atomic E-state index is 0.185. The zero-order valence-electron chi connectivity index (χ0n) is 14.5. The summed E-state index contributed by atoms with van der Waals surface area (Å²) in [6, 6.07) is 0. The van der Waals surface area contributed by atoms with Crippen LogP contribution in [0.4, 0.5) is 0 Å². The Morgan fingerprint density at radius 2 is 1.83 bits per heavy atom. The molecule has 1 N–H and O–H groups in total. The van der Waals surface area contributed by atoms with Gasteiger partial charge in [-0.05, 0) is 44.9 Å². The number of hydrogen-bond donors (Lipinski definition) is 1. The van der Waals surface area contributed by atoms with E-state index in [1.807, 2.05) is 6.08 Å². The van der Waals surface area contributed by atoms with Crippen molar-refractivity contribution in [2.24, 2.45) is 0 Å². The fraction of sp³-hybridized carbons (Fsp3) is 0.650. The van der Waals surface area contributed by atoms with Crippen LogP contribution in [-0.4, -0.2) is 23.3 Å². The Morgan fingerprint density at radius 3 is 2.52 bits per heavy atom. The quantitative estimate of drug-likeness (QED) is 0.336. The summed E-state index contributed by atoms with van der Waals surface area (Å²) in [6.45, 7) is 2.22. The van der Waals surface area contributed by atoms with Gasteiger partial charge >= 0.3 is 5.97 Å². The van der Waals surface area contributed by atoms with E-state index in [1.165, 1.54) is 25.7 Å². The maximum atomic E-state index is 11.2. The van der Waals surface area contributed by atoms with Gasteiger partial charge in [0.1, 0.15) is 6.10 Å². The molecular formula is C20H32O3. The molecule has 3 nitrogen and oxygen atoms in total. The third-order valence-electron chi connectivity index (χ3n) is 3.98. The molecule has 23 heavy (non-hydrogen) atoms. The van der Waals surface area contributed by atoms with Gasteiger partial charge in [-0.15, -0.1) is 0 Å². The van der Waals surface area contributed by atoms with Crippen molar-refractivity contribution in [2.45, 2.75) is 83.3 Å². The Balaban J connectivity index is 2.05. The van der Waals surface area contributed by atoms with Gasteiger partial charge in [-0.2, -0.15) is 0 Å². The van der Waals surface area contributed by atoms with Crippen molar-refractivity contribution in [1.29, 1.82) is 0 Å². The normalized spacial score (nSPS) is 20.6. The predicted molar refractivity (Wildman–Crippen MR) is 95.2 cm³/mol. The second-order valence-electron chi connectivity index (χ2n) is 6.10. The molecule has 0 bridgehead atoms. The van der Waals surface area contributed by atoms with Crippen molar-refractivity contribution in [2.75, 3.05) is 0 Å². The van der Waals surface area contributed by atoms with Gasteiger partial charge in [-0.1, -0.05) is 56.2 Å². The lowest BCUT2D eigenvalue weighted by atomic mass is 10.0. The molecule has 0 aromatic heterocycles. The first-order chi connectivity index (χ1) is 11.2. The van der Waals surface area contributed by atoms with Gasteiger partial charge in [0.15, 0.2) is 0 Å². The van der Waals surface area contributed by atoms with E-state index in [9.17, 15) is 9.90 Å². The Kier molecular flexibility index (Phi) is 11.2. The van der Waals surface area contributed by atoms with E-state index in [2.05, 4.69) is 37.3 Å². The molecular weight excluding hydrogens is 288 g/mol. The van der Waals surface area contributed by atoms with Crippen LogP contribution in [0.5, 0.6) is 0 Å². The number of unbranched alkanes of at least 4 members (excludes halogenated alkanes) is 3. The summed E-state index contributed by atoms with van der Waals surface area (Å²) in [6.07, 6.45) is 21.5. The first-order valence-electron chi connectivity index (χ1n) is 9.06. The number of aliphatic hydroxyl groups excluding tert-OH is 1. The molecule has 0 saturated carbocycles. The number of esters is 1. The van der Waals surface area contributed by atoms with Crippen molar-refractivity contribution >= 4 is 5.97 Å². The van der Waals surface area contributed by atoms with Crippen LogP contribution in [0.3, 0.4) is 0 Å². The van der Waals surface area contributed by atoms with E-state index in [0.29, 0.717) is 12.8 Å². The molecule has 3 heteroatoms. The Hall–Kier alpha value is -1.35. The van der Waals surface area contributed by atoms with Crippen LogP contribution in [0.15, 0.2) is 36.5 Å². The molecule has 1 rings (SSSR count). The van der Waals surface area contributed by atoms with Crippen LogP contribution in [0.25, 0.3) is 0 Å². The summed E-state index contributed by atoms with van der Waals surface area (Å²) in [5, 5.41) is 10.00. The van der Waals surface area contributed by atoms with E-state index >= 15 is 0 Å². The van der Waals surface area contributed by atoms with Gasteiger partial charge < -0.3 is 9.84 Å². The molecule has 1 fully saturated rings. The predicted octanol–water partition coefficient (Wildman–Crippen LogP) is 4.86. The zero-order chi connectivity index (χ0) is 16.8. The average molecular weight is 320 g/mol. The number of allylic oxidation sites excluding steroid dienone is 5. The van der Waals surface area contributed by atoms with Gasteiger partial charge in [-0.3, -0.25) is 4.79 Å². The third kappa shape index (κ3) is 10.1. The Bertz CT molecular complexity index is 396. The number of hydrogen-bond acceptors (Lipinski definition) is 3. The summed E-state index contributed by atoms with van der Waals surface area (Å²) in [5.74, 6) is -0.185. The van der Waals surface area contributed by atoms with Crippen molar-refractivity contribution in [3.05, 3.63) is 36.5 Å². The SMILES string of the molecule is CCCCCC=CCC=CCC=CC[C@@H](O)[C@@H]1CCCC(=O)O1. The third-order valence-corrected chi connectivity index (χ3v) is 3.98. The van der Waals surface area contributed by atoms with Crippen molar-refractivity contribution in [3.8, 4) is 0 Å². The minimum Gasteiger partial charge on any atom is -0.460 e. The largest absolute Gasteiger partial charge is 0.460 e. The second kappa shape index (κ2) is 13.1. The van der Waals surface area contributed by atoms with Crippen LogP contribution >= 0.6 is 0 Å². The molecule has 1 aliphatic rings. The molecule has 1 aliphatic heterocycles.